The highest BCUT2D eigenvalue weighted by Gasteiger charge is 2.09. The van der Waals surface area contributed by atoms with Crippen LogP contribution < -0.4 is 22.9 Å². The summed E-state index contributed by atoms with van der Waals surface area (Å²) in [5.41, 5.74) is 23.5. The predicted octanol–water partition coefficient (Wildman–Crippen LogP) is 1.65. The van der Waals surface area contributed by atoms with Crippen LogP contribution in [0.1, 0.15) is 63.5 Å². The van der Waals surface area contributed by atoms with Crippen LogP contribution in [-0.4, -0.2) is 47.3 Å². The maximum atomic E-state index is 10.0. The van der Waals surface area contributed by atoms with Crippen molar-refractivity contribution in [2.45, 2.75) is 70.9 Å². The van der Waals surface area contributed by atoms with Gasteiger partial charge in [-0.1, -0.05) is 45.0 Å². The summed E-state index contributed by atoms with van der Waals surface area (Å²) in [7, 11) is 0. The van der Waals surface area contributed by atoms with E-state index in [0.29, 0.717) is 44.7 Å². The molecule has 10 N–H and O–H groups in total. The highest BCUT2D eigenvalue weighted by molar-refractivity contribution is 5.73. The molecule has 29 heavy (non-hydrogen) atoms. The lowest BCUT2D eigenvalue weighted by Gasteiger charge is -2.09. The van der Waals surface area contributed by atoms with Gasteiger partial charge in [-0.25, -0.2) is 0 Å². The van der Waals surface area contributed by atoms with Gasteiger partial charge in [0.05, 0.1) is 0 Å². The van der Waals surface area contributed by atoms with Crippen LogP contribution in [0.25, 0.3) is 0 Å². The summed E-state index contributed by atoms with van der Waals surface area (Å²) < 4.78 is 0. The Bertz CT molecular complexity index is 543. The molecule has 0 bridgehead atoms. The molecule has 168 valence electrons. The summed E-state index contributed by atoms with van der Waals surface area (Å²) in [6.45, 7) is 7.70. The number of aliphatic carboxylic acids is 2. The Balaban J connectivity index is 0. The van der Waals surface area contributed by atoms with E-state index in [0.717, 1.165) is 6.42 Å². The third-order valence-electron chi connectivity index (χ3n) is 4.13. The Morgan fingerprint density at radius 3 is 1.59 bits per heavy atom. The van der Waals surface area contributed by atoms with Gasteiger partial charge in [0.1, 0.15) is 12.1 Å². The summed E-state index contributed by atoms with van der Waals surface area (Å²) in [6, 6.07) is 7.19. The van der Waals surface area contributed by atoms with Gasteiger partial charge in [0.15, 0.2) is 0 Å². The van der Waals surface area contributed by atoms with Crippen molar-refractivity contribution in [3.05, 3.63) is 35.4 Å². The Hall–Kier alpha value is -2.00. The number of carbonyl (C=O) groups is 2. The monoisotopic (exact) mass is 412 g/mol. The van der Waals surface area contributed by atoms with E-state index < -0.39 is 24.0 Å². The fourth-order valence-electron chi connectivity index (χ4n) is 2.34. The van der Waals surface area contributed by atoms with Crippen molar-refractivity contribution in [3.8, 4) is 0 Å². The van der Waals surface area contributed by atoms with Crippen LogP contribution in [-0.2, 0) is 16.0 Å². The van der Waals surface area contributed by atoms with Gasteiger partial charge in [0, 0.05) is 0 Å². The molecular weight excluding hydrogens is 372 g/mol. The van der Waals surface area contributed by atoms with E-state index in [-0.39, 0.29) is 0 Å². The van der Waals surface area contributed by atoms with E-state index >= 15 is 0 Å². The molecule has 1 aromatic carbocycles. The lowest BCUT2D eigenvalue weighted by molar-refractivity contribution is -0.139. The van der Waals surface area contributed by atoms with Crippen molar-refractivity contribution >= 4 is 11.9 Å². The van der Waals surface area contributed by atoms with E-state index in [1.54, 1.807) is 0 Å². The molecular formula is C21H40N4O4. The van der Waals surface area contributed by atoms with Crippen LogP contribution in [0, 0.1) is 0 Å². The minimum atomic E-state index is -0.955. The van der Waals surface area contributed by atoms with Crippen LogP contribution in [0.2, 0.25) is 0 Å². The molecule has 0 heterocycles. The van der Waals surface area contributed by atoms with Crippen molar-refractivity contribution in [2.24, 2.45) is 22.9 Å². The van der Waals surface area contributed by atoms with Crippen molar-refractivity contribution in [2.75, 3.05) is 13.1 Å². The van der Waals surface area contributed by atoms with E-state index in [2.05, 4.69) is 45.0 Å². The highest BCUT2D eigenvalue weighted by atomic mass is 16.4. The van der Waals surface area contributed by atoms with E-state index in [1.165, 1.54) is 11.1 Å². The van der Waals surface area contributed by atoms with Crippen molar-refractivity contribution in [1.29, 1.82) is 0 Å². The number of aryl methyl sites for hydroxylation is 1. The van der Waals surface area contributed by atoms with Gasteiger partial charge in [0.25, 0.3) is 0 Å². The minimum absolute atomic E-state index is 0.464. The SMILES string of the molecule is CCc1ccccc1C(C)C.NCCCC(N)C(=O)O.NCCCC(N)C(=O)O. The van der Waals surface area contributed by atoms with Crippen LogP contribution in [0.5, 0.6) is 0 Å². The number of rotatable bonds is 10. The number of hydrogen-bond acceptors (Lipinski definition) is 6. The molecule has 1 aromatic rings. The molecule has 0 amide bonds. The molecule has 8 nitrogen and oxygen atoms in total. The third-order valence-corrected chi connectivity index (χ3v) is 4.13. The molecule has 0 saturated carbocycles. The Kier molecular flexibility index (Phi) is 18.2. The lowest BCUT2D eigenvalue weighted by atomic mass is 9.96. The Morgan fingerprint density at radius 1 is 0.897 bits per heavy atom. The average molecular weight is 413 g/mol. The molecule has 2 unspecified atom stereocenters. The number of nitrogens with two attached hydrogens (primary N) is 4. The first-order valence-corrected chi connectivity index (χ1v) is 10.1. The molecule has 0 aliphatic rings. The zero-order chi connectivity index (χ0) is 22.8. The van der Waals surface area contributed by atoms with Crippen molar-refractivity contribution < 1.29 is 19.8 Å². The summed E-state index contributed by atoms with van der Waals surface area (Å²) >= 11 is 0. The molecule has 0 aromatic heterocycles. The standard InChI is InChI=1S/C11H16.2C5H12N2O2/c1-4-10-7-5-6-8-11(10)9(2)3;2*6-3-1-2-4(7)5(8)9/h5-9H,4H2,1-3H3;2*4H,1-3,6-7H2,(H,8,9). The molecule has 0 aliphatic heterocycles. The molecule has 0 saturated heterocycles. The van der Waals surface area contributed by atoms with E-state index in [1.807, 2.05) is 0 Å². The molecule has 0 spiro atoms. The molecule has 1 rings (SSSR count). The van der Waals surface area contributed by atoms with Gasteiger partial charge in [-0.05, 0) is 62.2 Å². The van der Waals surface area contributed by atoms with Crippen molar-refractivity contribution in [1.82, 2.24) is 0 Å². The first-order valence-electron chi connectivity index (χ1n) is 10.1. The third kappa shape index (κ3) is 15.6. The molecule has 2 atom stereocenters. The fraction of sp³-hybridized carbons (Fsp3) is 0.619. The number of hydrogen-bond donors (Lipinski definition) is 6. The van der Waals surface area contributed by atoms with Gasteiger partial charge < -0.3 is 33.1 Å². The van der Waals surface area contributed by atoms with Crippen LogP contribution in [0.3, 0.4) is 0 Å². The number of carboxylic acid groups (broad SMARTS) is 2. The van der Waals surface area contributed by atoms with Crippen LogP contribution >= 0.6 is 0 Å². The zero-order valence-corrected chi connectivity index (χ0v) is 18.0. The number of benzene rings is 1. The van der Waals surface area contributed by atoms with Crippen molar-refractivity contribution in [3.63, 3.8) is 0 Å². The number of carboxylic acids is 2. The summed E-state index contributed by atoms with van der Waals surface area (Å²) in [5, 5.41) is 16.5. The first kappa shape index (κ1) is 29.2. The average Bonchev–Trinajstić information content (AvgIpc) is 2.70. The van der Waals surface area contributed by atoms with Gasteiger partial charge in [0.2, 0.25) is 0 Å². The fourth-order valence-corrected chi connectivity index (χ4v) is 2.34. The van der Waals surface area contributed by atoms with Gasteiger partial charge >= 0.3 is 11.9 Å². The van der Waals surface area contributed by atoms with E-state index in [4.69, 9.17) is 33.1 Å². The maximum Gasteiger partial charge on any atom is 0.320 e. The molecule has 0 aliphatic carbocycles. The first-order chi connectivity index (χ1) is 13.6. The van der Waals surface area contributed by atoms with Crippen LogP contribution in [0.15, 0.2) is 24.3 Å². The van der Waals surface area contributed by atoms with Gasteiger partial charge in [-0.3, -0.25) is 9.59 Å². The Morgan fingerprint density at radius 2 is 1.31 bits per heavy atom. The Labute approximate surface area is 174 Å². The topological polar surface area (TPSA) is 179 Å². The predicted molar refractivity (Wildman–Crippen MR) is 118 cm³/mol. The quantitative estimate of drug-likeness (QED) is 0.335. The van der Waals surface area contributed by atoms with Gasteiger partial charge in [-0.2, -0.15) is 0 Å². The lowest BCUT2D eigenvalue weighted by Crippen LogP contribution is -2.30. The largest absolute Gasteiger partial charge is 0.480 e. The second-order valence-electron chi connectivity index (χ2n) is 6.96. The maximum absolute atomic E-state index is 10.0. The molecule has 0 radical (unpaired) electrons. The summed E-state index contributed by atoms with van der Waals surface area (Å²) in [4.78, 5) is 20.1. The van der Waals surface area contributed by atoms with E-state index in [9.17, 15) is 9.59 Å². The summed E-state index contributed by atoms with van der Waals surface area (Å²) in [5.74, 6) is -1.25. The zero-order valence-electron chi connectivity index (χ0n) is 18.0. The molecule has 0 fully saturated rings. The van der Waals surface area contributed by atoms with Crippen LogP contribution in [0.4, 0.5) is 0 Å². The second-order valence-corrected chi connectivity index (χ2v) is 6.96. The van der Waals surface area contributed by atoms with Gasteiger partial charge in [-0.15, -0.1) is 0 Å². The highest BCUT2D eigenvalue weighted by Crippen LogP contribution is 2.18. The summed E-state index contributed by atoms with van der Waals surface area (Å²) in [6.07, 6.45) is 3.42. The second kappa shape index (κ2) is 18.1. The minimum Gasteiger partial charge on any atom is -0.480 e. The molecule has 8 heteroatoms. The smallest absolute Gasteiger partial charge is 0.320 e. The normalized spacial score (nSPS) is 12.1.